The second-order valence-corrected chi connectivity index (χ2v) is 5.07. The van der Waals surface area contributed by atoms with Crippen LogP contribution in [0.3, 0.4) is 0 Å². The minimum atomic E-state index is 0.166. The van der Waals surface area contributed by atoms with Gasteiger partial charge in [0.15, 0.2) is 0 Å². The number of aryl methyl sites for hydroxylation is 1. The maximum Gasteiger partial charge on any atom is 0.256 e. The molecule has 98 valence electrons. The van der Waals surface area contributed by atoms with Gasteiger partial charge in [-0.25, -0.2) is 0 Å². The van der Waals surface area contributed by atoms with Gasteiger partial charge >= 0.3 is 0 Å². The highest BCUT2D eigenvalue weighted by molar-refractivity contribution is 6.00. The van der Waals surface area contributed by atoms with Gasteiger partial charge in [-0.15, -0.1) is 0 Å². The van der Waals surface area contributed by atoms with Crippen LogP contribution in [0.2, 0.25) is 0 Å². The summed E-state index contributed by atoms with van der Waals surface area (Å²) in [5.41, 5.74) is 2.89. The van der Waals surface area contributed by atoms with Gasteiger partial charge in [-0.2, -0.15) is 0 Å². The minimum absolute atomic E-state index is 0.166. The van der Waals surface area contributed by atoms with Crippen LogP contribution in [0.4, 0.5) is 5.69 Å². The zero-order valence-corrected chi connectivity index (χ0v) is 11.5. The zero-order chi connectivity index (χ0) is 13.1. The molecule has 0 saturated carbocycles. The third kappa shape index (κ3) is 2.50. The van der Waals surface area contributed by atoms with Crippen LogP contribution in [0.25, 0.3) is 0 Å². The van der Waals surface area contributed by atoms with Crippen LogP contribution < -0.4 is 5.32 Å². The Kier molecular flexibility index (Phi) is 3.90. The van der Waals surface area contributed by atoms with Gasteiger partial charge in [0, 0.05) is 24.8 Å². The molecule has 1 heterocycles. The molecule has 1 amide bonds. The standard InChI is InChI=1S/C15H22N2O/c1-4-16-14-8-7-11(2)10-13(14)15(18)17-9-5-6-12(17)3/h7-8,10,12,16H,4-6,9H2,1-3H3. The molecule has 0 aromatic heterocycles. The predicted molar refractivity (Wildman–Crippen MR) is 75.1 cm³/mol. The molecule has 1 saturated heterocycles. The van der Waals surface area contributed by atoms with Crippen LogP contribution in [0.1, 0.15) is 42.6 Å². The van der Waals surface area contributed by atoms with Crippen molar-refractivity contribution in [2.24, 2.45) is 0 Å². The second-order valence-electron chi connectivity index (χ2n) is 5.07. The molecule has 1 atom stereocenters. The van der Waals surface area contributed by atoms with E-state index >= 15 is 0 Å². The number of benzene rings is 1. The SMILES string of the molecule is CCNc1ccc(C)cc1C(=O)N1CCCC1C. The summed E-state index contributed by atoms with van der Waals surface area (Å²) in [7, 11) is 0. The van der Waals surface area contributed by atoms with Gasteiger partial charge in [0.1, 0.15) is 0 Å². The molecule has 0 radical (unpaired) electrons. The van der Waals surface area contributed by atoms with Gasteiger partial charge in [0.2, 0.25) is 0 Å². The molecular weight excluding hydrogens is 224 g/mol. The maximum atomic E-state index is 12.6. The van der Waals surface area contributed by atoms with Crippen molar-refractivity contribution in [3.63, 3.8) is 0 Å². The number of hydrogen-bond acceptors (Lipinski definition) is 2. The van der Waals surface area contributed by atoms with Gasteiger partial charge < -0.3 is 10.2 Å². The van der Waals surface area contributed by atoms with Crippen LogP contribution in [0.15, 0.2) is 18.2 Å². The molecule has 1 N–H and O–H groups in total. The summed E-state index contributed by atoms with van der Waals surface area (Å²) in [6.07, 6.45) is 2.24. The van der Waals surface area contributed by atoms with E-state index in [-0.39, 0.29) is 5.91 Å². The molecule has 2 rings (SSSR count). The third-order valence-electron chi connectivity index (χ3n) is 3.59. The molecule has 18 heavy (non-hydrogen) atoms. The zero-order valence-electron chi connectivity index (χ0n) is 11.5. The molecule has 0 bridgehead atoms. The lowest BCUT2D eigenvalue weighted by Gasteiger charge is -2.23. The average Bonchev–Trinajstić information content (AvgIpc) is 2.77. The Hall–Kier alpha value is -1.51. The lowest BCUT2D eigenvalue weighted by molar-refractivity contribution is 0.0748. The molecule has 1 aromatic carbocycles. The summed E-state index contributed by atoms with van der Waals surface area (Å²) in [6, 6.07) is 6.41. The Morgan fingerprint density at radius 3 is 2.89 bits per heavy atom. The number of anilines is 1. The van der Waals surface area contributed by atoms with Crippen molar-refractivity contribution in [2.45, 2.75) is 39.7 Å². The molecule has 0 spiro atoms. The highest BCUT2D eigenvalue weighted by Gasteiger charge is 2.27. The van der Waals surface area contributed by atoms with Gasteiger partial charge in [0.05, 0.1) is 5.56 Å². The van der Waals surface area contributed by atoms with E-state index in [0.29, 0.717) is 6.04 Å². The number of nitrogens with zero attached hydrogens (tertiary/aromatic N) is 1. The number of amides is 1. The molecular formula is C15H22N2O. The van der Waals surface area contributed by atoms with Crippen LogP contribution >= 0.6 is 0 Å². The van der Waals surface area contributed by atoms with E-state index in [4.69, 9.17) is 0 Å². The third-order valence-corrected chi connectivity index (χ3v) is 3.59. The first-order valence-electron chi connectivity index (χ1n) is 6.79. The largest absolute Gasteiger partial charge is 0.385 e. The van der Waals surface area contributed by atoms with E-state index in [1.54, 1.807) is 0 Å². The van der Waals surface area contributed by atoms with Crippen molar-refractivity contribution in [3.05, 3.63) is 29.3 Å². The first kappa shape index (κ1) is 12.9. The first-order chi connectivity index (χ1) is 8.63. The monoisotopic (exact) mass is 246 g/mol. The van der Waals surface area contributed by atoms with Gasteiger partial charge in [-0.1, -0.05) is 11.6 Å². The van der Waals surface area contributed by atoms with Gasteiger partial charge in [-0.05, 0) is 45.7 Å². The Balaban J connectivity index is 2.30. The van der Waals surface area contributed by atoms with E-state index < -0.39 is 0 Å². The number of nitrogens with one attached hydrogen (secondary N) is 1. The number of carbonyl (C=O) groups excluding carboxylic acids is 1. The topological polar surface area (TPSA) is 32.3 Å². The summed E-state index contributed by atoms with van der Waals surface area (Å²) in [5, 5.41) is 3.28. The number of rotatable bonds is 3. The van der Waals surface area contributed by atoms with Crippen molar-refractivity contribution in [1.82, 2.24) is 4.90 Å². The van der Waals surface area contributed by atoms with Crippen LogP contribution in [-0.4, -0.2) is 29.9 Å². The average molecular weight is 246 g/mol. The maximum absolute atomic E-state index is 12.6. The van der Waals surface area contributed by atoms with E-state index in [1.807, 2.05) is 36.9 Å². The van der Waals surface area contributed by atoms with Crippen LogP contribution in [0, 0.1) is 6.92 Å². The molecule has 0 aliphatic carbocycles. The molecule has 3 heteroatoms. The summed E-state index contributed by atoms with van der Waals surface area (Å²) in [5.74, 6) is 0.166. The van der Waals surface area contributed by atoms with Crippen LogP contribution in [0.5, 0.6) is 0 Å². The van der Waals surface area contributed by atoms with Crippen molar-refractivity contribution >= 4 is 11.6 Å². The van der Waals surface area contributed by atoms with E-state index in [1.165, 1.54) is 0 Å². The Bertz CT molecular complexity index is 442. The molecule has 1 unspecified atom stereocenters. The van der Waals surface area contributed by atoms with Crippen molar-refractivity contribution in [1.29, 1.82) is 0 Å². The van der Waals surface area contributed by atoms with Gasteiger partial charge in [0.25, 0.3) is 5.91 Å². The van der Waals surface area contributed by atoms with E-state index in [0.717, 1.165) is 42.7 Å². The number of carbonyl (C=O) groups is 1. The second kappa shape index (κ2) is 5.42. The molecule has 3 nitrogen and oxygen atoms in total. The predicted octanol–water partition coefficient (Wildman–Crippen LogP) is 3.05. The molecule has 1 aliphatic rings. The fourth-order valence-corrected chi connectivity index (χ4v) is 2.57. The first-order valence-corrected chi connectivity index (χ1v) is 6.79. The highest BCUT2D eigenvalue weighted by atomic mass is 16.2. The van der Waals surface area contributed by atoms with E-state index in [9.17, 15) is 4.79 Å². The molecule has 1 aliphatic heterocycles. The highest BCUT2D eigenvalue weighted by Crippen LogP contribution is 2.24. The van der Waals surface area contributed by atoms with Crippen molar-refractivity contribution in [3.8, 4) is 0 Å². The fraction of sp³-hybridized carbons (Fsp3) is 0.533. The lowest BCUT2D eigenvalue weighted by Crippen LogP contribution is -2.34. The Morgan fingerprint density at radius 2 is 2.28 bits per heavy atom. The lowest BCUT2D eigenvalue weighted by atomic mass is 10.1. The molecule has 1 fully saturated rings. The normalized spacial score (nSPS) is 19.1. The smallest absolute Gasteiger partial charge is 0.256 e. The summed E-state index contributed by atoms with van der Waals surface area (Å²) >= 11 is 0. The van der Waals surface area contributed by atoms with Crippen molar-refractivity contribution < 1.29 is 4.79 Å². The summed E-state index contributed by atoms with van der Waals surface area (Å²) in [4.78, 5) is 14.6. The summed E-state index contributed by atoms with van der Waals surface area (Å²) in [6.45, 7) is 7.93. The van der Waals surface area contributed by atoms with E-state index in [2.05, 4.69) is 12.2 Å². The molecule has 1 aromatic rings. The fourth-order valence-electron chi connectivity index (χ4n) is 2.57. The number of hydrogen-bond donors (Lipinski definition) is 1. The Morgan fingerprint density at radius 1 is 1.50 bits per heavy atom. The van der Waals surface area contributed by atoms with Crippen LogP contribution in [-0.2, 0) is 0 Å². The van der Waals surface area contributed by atoms with Crippen molar-refractivity contribution in [2.75, 3.05) is 18.4 Å². The minimum Gasteiger partial charge on any atom is -0.385 e. The quantitative estimate of drug-likeness (QED) is 0.889. The Labute approximate surface area is 109 Å². The summed E-state index contributed by atoms with van der Waals surface area (Å²) < 4.78 is 0. The van der Waals surface area contributed by atoms with Gasteiger partial charge in [-0.3, -0.25) is 4.79 Å². The number of likely N-dealkylation sites (tertiary alicyclic amines) is 1.